The Labute approximate surface area is 113 Å². The van der Waals surface area contributed by atoms with Gasteiger partial charge in [-0.1, -0.05) is 15.9 Å². The topological polar surface area (TPSA) is 98.3 Å². The van der Waals surface area contributed by atoms with E-state index >= 15 is 0 Å². The zero-order chi connectivity index (χ0) is 13.9. The van der Waals surface area contributed by atoms with Gasteiger partial charge in [-0.2, -0.15) is 0 Å². The van der Waals surface area contributed by atoms with E-state index in [0.29, 0.717) is 4.47 Å². The number of hydrogen-bond acceptors (Lipinski definition) is 4. The molecule has 6 nitrogen and oxygen atoms in total. The summed E-state index contributed by atoms with van der Waals surface area (Å²) in [6.07, 6.45) is 0. The Balaban J connectivity index is 3.05. The lowest BCUT2D eigenvalue weighted by molar-refractivity contribution is -0.384. The molecule has 0 saturated heterocycles. The molecule has 1 aromatic rings. The summed E-state index contributed by atoms with van der Waals surface area (Å²) in [6.45, 7) is 3.50. The fraction of sp³-hybridized carbons (Fsp3) is 0.364. The first-order valence-electron chi connectivity index (χ1n) is 5.23. The van der Waals surface area contributed by atoms with Crippen molar-refractivity contribution in [3.8, 4) is 0 Å². The second kappa shape index (κ2) is 5.45. The second-order valence-electron chi connectivity index (χ2n) is 4.46. The van der Waals surface area contributed by atoms with E-state index in [0.717, 1.165) is 0 Å². The monoisotopic (exact) mass is 315 g/mol. The Morgan fingerprint density at radius 2 is 2.17 bits per heavy atom. The van der Waals surface area contributed by atoms with E-state index in [1.54, 1.807) is 19.9 Å². The van der Waals surface area contributed by atoms with Gasteiger partial charge in [0.15, 0.2) is 0 Å². The van der Waals surface area contributed by atoms with E-state index in [9.17, 15) is 14.9 Å². The molecule has 1 rings (SSSR count). The first-order chi connectivity index (χ1) is 8.27. The predicted molar refractivity (Wildman–Crippen MR) is 72.3 cm³/mol. The molecule has 0 saturated carbocycles. The third kappa shape index (κ3) is 3.27. The summed E-state index contributed by atoms with van der Waals surface area (Å²) < 4.78 is 0.574. The predicted octanol–water partition coefficient (Wildman–Crippen LogP) is 2.28. The number of nitrogens with one attached hydrogen (secondary N) is 1. The van der Waals surface area contributed by atoms with Crippen LogP contribution in [-0.2, 0) is 4.79 Å². The normalized spacial score (nSPS) is 11.1. The number of nitrogens with two attached hydrogens (primary N) is 1. The number of carbonyl (C=O) groups excluding carboxylic acids is 1. The van der Waals surface area contributed by atoms with Gasteiger partial charge in [0.1, 0.15) is 5.69 Å². The van der Waals surface area contributed by atoms with E-state index in [-0.39, 0.29) is 23.8 Å². The van der Waals surface area contributed by atoms with Crippen molar-refractivity contribution in [3.05, 3.63) is 32.8 Å². The molecule has 1 amide bonds. The highest BCUT2D eigenvalue weighted by molar-refractivity contribution is 9.10. The Hall–Kier alpha value is -1.47. The molecule has 0 bridgehead atoms. The molecule has 1 aromatic carbocycles. The third-order valence-corrected chi connectivity index (χ3v) is 3.02. The molecule has 0 aromatic heterocycles. The average molecular weight is 316 g/mol. The molecular weight excluding hydrogens is 302 g/mol. The van der Waals surface area contributed by atoms with Crippen molar-refractivity contribution in [1.82, 2.24) is 0 Å². The fourth-order valence-corrected chi connectivity index (χ4v) is 1.49. The fourth-order valence-electron chi connectivity index (χ4n) is 1.15. The molecule has 7 heteroatoms. The minimum atomic E-state index is -0.777. The number of nitro groups is 1. The van der Waals surface area contributed by atoms with Crippen LogP contribution in [0.1, 0.15) is 13.8 Å². The van der Waals surface area contributed by atoms with Crippen molar-refractivity contribution in [2.24, 2.45) is 11.1 Å². The summed E-state index contributed by atoms with van der Waals surface area (Å²) in [5, 5.41) is 13.4. The van der Waals surface area contributed by atoms with Crippen LogP contribution in [0.2, 0.25) is 0 Å². The standard InChI is InChI=1S/C11H14BrN3O3/c1-11(2,6-13)10(16)14-8-4-3-7(12)5-9(8)15(17)18/h3-5H,6,13H2,1-2H3,(H,14,16). The molecule has 0 unspecified atom stereocenters. The van der Waals surface area contributed by atoms with Crippen molar-refractivity contribution in [1.29, 1.82) is 0 Å². The van der Waals surface area contributed by atoms with Gasteiger partial charge < -0.3 is 11.1 Å². The quantitative estimate of drug-likeness (QED) is 0.657. The van der Waals surface area contributed by atoms with Crippen LogP contribution in [0, 0.1) is 15.5 Å². The van der Waals surface area contributed by atoms with Crippen molar-refractivity contribution in [2.45, 2.75) is 13.8 Å². The number of carbonyl (C=O) groups is 1. The van der Waals surface area contributed by atoms with Crippen molar-refractivity contribution < 1.29 is 9.72 Å². The van der Waals surface area contributed by atoms with Crippen LogP contribution in [0.25, 0.3) is 0 Å². The largest absolute Gasteiger partial charge is 0.329 e. The lowest BCUT2D eigenvalue weighted by Crippen LogP contribution is -2.37. The van der Waals surface area contributed by atoms with Gasteiger partial charge in [-0.15, -0.1) is 0 Å². The summed E-state index contributed by atoms with van der Waals surface area (Å²) in [5.74, 6) is -0.351. The number of rotatable bonds is 4. The number of amides is 1. The summed E-state index contributed by atoms with van der Waals surface area (Å²) in [4.78, 5) is 22.2. The summed E-state index contributed by atoms with van der Waals surface area (Å²) in [7, 11) is 0. The zero-order valence-corrected chi connectivity index (χ0v) is 11.7. The van der Waals surface area contributed by atoms with Gasteiger partial charge in [0.2, 0.25) is 5.91 Å². The molecule has 0 aliphatic rings. The van der Waals surface area contributed by atoms with Crippen LogP contribution in [0.15, 0.2) is 22.7 Å². The maximum Gasteiger partial charge on any atom is 0.293 e. The van der Waals surface area contributed by atoms with Crippen LogP contribution in [0.3, 0.4) is 0 Å². The third-order valence-electron chi connectivity index (χ3n) is 2.53. The lowest BCUT2D eigenvalue weighted by Gasteiger charge is -2.21. The van der Waals surface area contributed by atoms with Gasteiger partial charge in [-0.3, -0.25) is 14.9 Å². The molecule has 98 valence electrons. The number of anilines is 1. The Morgan fingerprint density at radius 1 is 1.56 bits per heavy atom. The Kier molecular flexibility index (Phi) is 4.42. The first-order valence-corrected chi connectivity index (χ1v) is 6.02. The van der Waals surface area contributed by atoms with Gasteiger partial charge in [0.25, 0.3) is 5.69 Å². The zero-order valence-electron chi connectivity index (χ0n) is 10.1. The van der Waals surface area contributed by atoms with E-state index in [1.807, 2.05) is 0 Å². The maximum atomic E-state index is 11.9. The van der Waals surface area contributed by atoms with E-state index < -0.39 is 10.3 Å². The smallest absolute Gasteiger partial charge is 0.293 e. The van der Waals surface area contributed by atoms with Crippen molar-refractivity contribution in [2.75, 3.05) is 11.9 Å². The highest BCUT2D eigenvalue weighted by atomic mass is 79.9. The molecular formula is C11H14BrN3O3. The summed E-state index contributed by atoms with van der Waals surface area (Å²) in [5.41, 5.74) is 4.70. The molecule has 18 heavy (non-hydrogen) atoms. The van der Waals surface area contributed by atoms with E-state index in [1.165, 1.54) is 12.1 Å². The van der Waals surface area contributed by atoms with Crippen molar-refractivity contribution >= 4 is 33.2 Å². The van der Waals surface area contributed by atoms with Gasteiger partial charge in [0.05, 0.1) is 10.3 Å². The van der Waals surface area contributed by atoms with E-state index in [2.05, 4.69) is 21.2 Å². The van der Waals surface area contributed by atoms with Crippen LogP contribution in [0.5, 0.6) is 0 Å². The number of benzene rings is 1. The molecule has 3 N–H and O–H groups in total. The molecule has 0 aliphatic carbocycles. The summed E-state index contributed by atoms with van der Waals surface area (Å²) >= 11 is 3.15. The van der Waals surface area contributed by atoms with Crippen LogP contribution in [-0.4, -0.2) is 17.4 Å². The molecule has 0 atom stereocenters. The first kappa shape index (κ1) is 14.6. The van der Waals surface area contributed by atoms with Gasteiger partial charge in [0, 0.05) is 17.1 Å². The summed E-state index contributed by atoms with van der Waals surface area (Å²) in [6, 6.07) is 4.44. The highest BCUT2D eigenvalue weighted by Crippen LogP contribution is 2.29. The Bertz CT molecular complexity index is 488. The highest BCUT2D eigenvalue weighted by Gasteiger charge is 2.27. The van der Waals surface area contributed by atoms with Gasteiger partial charge >= 0.3 is 0 Å². The molecule has 0 spiro atoms. The Morgan fingerprint density at radius 3 is 2.67 bits per heavy atom. The minimum Gasteiger partial charge on any atom is -0.329 e. The average Bonchev–Trinajstić information content (AvgIpc) is 2.31. The number of nitro benzene ring substituents is 1. The SMILES string of the molecule is CC(C)(CN)C(=O)Nc1ccc(Br)cc1[N+](=O)[O-]. The lowest BCUT2D eigenvalue weighted by atomic mass is 9.92. The maximum absolute atomic E-state index is 11.9. The molecule has 0 radical (unpaired) electrons. The number of hydrogen-bond donors (Lipinski definition) is 2. The number of halogens is 1. The van der Waals surface area contributed by atoms with Gasteiger partial charge in [-0.05, 0) is 26.0 Å². The van der Waals surface area contributed by atoms with Crippen molar-refractivity contribution in [3.63, 3.8) is 0 Å². The second-order valence-corrected chi connectivity index (χ2v) is 5.38. The molecule has 0 aliphatic heterocycles. The van der Waals surface area contributed by atoms with Crippen LogP contribution in [0.4, 0.5) is 11.4 Å². The van der Waals surface area contributed by atoms with Crippen LogP contribution >= 0.6 is 15.9 Å². The molecule has 0 heterocycles. The van der Waals surface area contributed by atoms with Gasteiger partial charge in [-0.25, -0.2) is 0 Å². The number of nitrogens with zero attached hydrogens (tertiary/aromatic N) is 1. The van der Waals surface area contributed by atoms with Crippen LogP contribution < -0.4 is 11.1 Å². The minimum absolute atomic E-state index is 0.156. The molecule has 0 fully saturated rings. The van der Waals surface area contributed by atoms with E-state index in [4.69, 9.17) is 5.73 Å².